The van der Waals surface area contributed by atoms with E-state index in [2.05, 4.69) is 20.2 Å². The first kappa shape index (κ1) is 19.9. The van der Waals surface area contributed by atoms with E-state index in [-0.39, 0.29) is 11.9 Å². The molecule has 3 N–H and O–H groups in total. The number of aromatic nitrogens is 2. The van der Waals surface area contributed by atoms with Gasteiger partial charge in [0.15, 0.2) is 0 Å². The number of nitrogens with one attached hydrogen (secondary N) is 3. The molecule has 3 aromatic rings. The first-order valence-electron chi connectivity index (χ1n) is 8.41. The summed E-state index contributed by atoms with van der Waals surface area (Å²) in [5.41, 5.74) is 3.13. The summed E-state index contributed by atoms with van der Waals surface area (Å²) in [4.78, 5) is 12.7. The SMILES string of the molecule is CC(NC(=O)c1cn[nH]c1-c1ccc(Cl)cc1)c1ccc(NS(C)(=O)=O)cc1. The van der Waals surface area contributed by atoms with Crippen LogP contribution in [0.3, 0.4) is 0 Å². The smallest absolute Gasteiger partial charge is 0.255 e. The molecule has 0 aliphatic rings. The second-order valence-electron chi connectivity index (χ2n) is 6.36. The number of hydrogen-bond donors (Lipinski definition) is 3. The summed E-state index contributed by atoms with van der Waals surface area (Å²) >= 11 is 5.92. The highest BCUT2D eigenvalue weighted by Crippen LogP contribution is 2.24. The Kier molecular flexibility index (Phi) is 5.71. The predicted molar refractivity (Wildman–Crippen MR) is 110 cm³/mol. The molecule has 1 atom stereocenters. The van der Waals surface area contributed by atoms with Crippen molar-refractivity contribution in [1.29, 1.82) is 0 Å². The van der Waals surface area contributed by atoms with Crippen LogP contribution in [0.1, 0.15) is 28.9 Å². The van der Waals surface area contributed by atoms with Crippen molar-refractivity contribution >= 4 is 33.2 Å². The molecule has 0 bridgehead atoms. The van der Waals surface area contributed by atoms with Gasteiger partial charge < -0.3 is 5.32 Å². The summed E-state index contributed by atoms with van der Waals surface area (Å²) < 4.78 is 25.0. The van der Waals surface area contributed by atoms with Gasteiger partial charge in [0.25, 0.3) is 5.91 Å². The van der Waals surface area contributed by atoms with E-state index in [9.17, 15) is 13.2 Å². The molecule has 1 aromatic heterocycles. The minimum Gasteiger partial charge on any atom is -0.345 e. The van der Waals surface area contributed by atoms with E-state index in [1.54, 1.807) is 36.4 Å². The fraction of sp³-hybridized carbons (Fsp3) is 0.158. The molecule has 9 heteroatoms. The summed E-state index contributed by atoms with van der Waals surface area (Å²) in [5.74, 6) is -0.274. The van der Waals surface area contributed by atoms with Crippen molar-refractivity contribution in [3.05, 3.63) is 70.9 Å². The van der Waals surface area contributed by atoms with Gasteiger partial charge in [-0.15, -0.1) is 0 Å². The normalized spacial score (nSPS) is 12.4. The summed E-state index contributed by atoms with van der Waals surface area (Å²) in [7, 11) is -3.33. The van der Waals surface area contributed by atoms with Crippen LogP contribution >= 0.6 is 11.6 Å². The van der Waals surface area contributed by atoms with E-state index in [1.165, 1.54) is 6.20 Å². The molecule has 0 saturated carbocycles. The number of anilines is 1. The van der Waals surface area contributed by atoms with Crippen LogP contribution in [0, 0.1) is 0 Å². The number of rotatable bonds is 6. The van der Waals surface area contributed by atoms with Crippen LogP contribution in [0.25, 0.3) is 11.3 Å². The molecule has 0 aliphatic carbocycles. The quantitative estimate of drug-likeness (QED) is 0.569. The molecule has 28 heavy (non-hydrogen) atoms. The minimum absolute atomic E-state index is 0.274. The number of nitrogens with zero attached hydrogens (tertiary/aromatic N) is 1. The average molecular weight is 419 g/mol. The van der Waals surface area contributed by atoms with Crippen molar-refractivity contribution in [3.63, 3.8) is 0 Å². The van der Waals surface area contributed by atoms with E-state index in [4.69, 9.17) is 11.6 Å². The van der Waals surface area contributed by atoms with Crippen LogP contribution in [-0.2, 0) is 10.0 Å². The maximum absolute atomic E-state index is 12.7. The van der Waals surface area contributed by atoms with E-state index in [1.807, 2.05) is 19.1 Å². The maximum Gasteiger partial charge on any atom is 0.255 e. The molecule has 1 amide bonds. The third-order valence-corrected chi connectivity index (χ3v) is 4.94. The van der Waals surface area contributed by atoms with Crippen molar-refractivity contribution < 1.29 is 13.2 Å². The molecule has 3 rings (SSSR count). The van der Waals surface area contributed by atoms with Crippen LogP contribution in [0.5, 0.6) is 0 Å². The number of H-pyrrole nitrogens is 1. The third kappa shape index (κ3) is 4.90. The molecule has 0 fully saturated rings. The zero-order chi connectivity index (χ0) is 20.3. The van der Waals surface area contributed by atoms with Gasteiger partial charge in [0.1, 0.15) is 0 Å². The summed E-state index contributed by atoms with van der Waals surface area (Å²) in [6.45, 7) is 1.85. The number of amides is 1. The molecule has 7 nitrogen and oxygen atoms in total. The molecule has 0 radical (unpaired) electrons. The van der Waals surface area contributed by atoms with Crippen LogP contribution in [0.2, 0.25) is 5.02 Å². The van der Waals surface area contributed by atoms with Gasteiger partial charge in [-0.3, -0.25) is 14.6 Å². The zero-order valence-electron chi connectivity index (χ0n) is 15.2. The lowest BCUT2D eigenvalue weighted by Crippen LogP contribution is -2.26. The zero-order valence-corrected chi connectivity index (χ0v) is 16.8. The standard InChI is InChI=1S/C19H19ClN4O3S/c1-12(13-5-9-16(10-6-13)24-28(2,26)27)22-19(25)17-11-21-23-18(17)14-3-7-15(20)8-4-14/h3-12,24H,1-2H3,(H,21,23)(H,22,25). The highest BCUT2D eigenvalue weighted by molar-refractivity contribution is 7.92. The van der Waals surface area contributed by atoms with Gasteiger partial charge in [-0.2, -0.15) is 5.10 Å². The fourth-order valence-corrected chi connectivity index (χ4v) is 3.40. The van der Waals surface area contributed by atoms with Crippen molar-refractivity contribution in [2.45, 2.75) is 13.0 Å². The van der Waals surface area contributed by atoms with Crippen LogP contribution in [0.15, 0.2) is 54.7 Å². The number of carbonyl (C=O) groups is 1. The second kappa shape index (κ2) is 8.04. The number of benzene rings is 2. The Balaban J connectivity index is 1.73. The van der Waals surface area contributed by atoms with Crippen LogP contribution in [0.4, 0.5) is 5.69 Å². The third-order valence-electron chi connectivity index (χ3n) is 4.08. The fourth-order valence-electron chi connectivity index (χ4n) is 2.71. The molecule has 0 aliphatic heterocycles. The number of aromatic amines is 1. The van der Waals surface area contributed by atoms with Gasteiger partial charge in [0, 0.05) is 16.3 Å². The highest BCUT2D eigenvalue weighted by Gasteiger charge is 2.18. The van der Waals surface area contributed by atoms with Crippen molar-refractivity contribution in [2.75, 3.05) is 11.0 Å². The number of halogens is 1. The predicted octanol–water partition coefficient (Wildman–Crippen LogP) is 3.59. The molecular weight excluding hydrogens is 400 g/mol. The van der Waals surface area contributed by atoms with Gasteiger partial charge >= 0.3 is 0 Å². The first-order chi connectivity index (χ1) is 13.2. The summed E-state index contributed by atoms with van der Waals surface area (Å²) in [6, 6.07) is 13.6. The molecular formula is C19H19ClN4O3S. The molecule has 1 unspecified atom stereocenters. The van der Waals surface area contributed by atoms with Gasteiger partial charge in [0.2, 0.25) is 10.0 Å². The highest BCUT2D eigenvalue weighted by atomic mass is 35.5. The Labute approximate surface area is 168 Å². The lowest BCUT2D eigenvalue weighted by molar-refractivity contribution is 0.0940. The molecule has 0 saturated heterocycles. The Morgan fingerprint density at radius 2 is 1.75 bits per heavy atom. The molecule has 0 spiro atoms. The summed E-state index contributed by atoms with van der Waals surface area (Å²) in [5, 5.41) is 10.4. The van der Waals surface area contributed by atoms with E-state index in [0.717, 1.165) is 17.4 Å². The second-order valence-corrected chi connectivity index (χ2v) is 8.54. The van der Waals surface area contributed by atoms with Gasteiger partial charge in [0.05, 0.1) is 29.8 Å². The van der Waals surface area contributed by atoms with Gasteiger partial charge in [-0.05, 0) is 36.8 Å². The lowest BCUT2D eigenvalue weighted by atomic mass is 10.1. The Morgan fingerprint density at radius 3 is 2.36 bits per heavy atom. The Morgan fingerprint density at radius 1 is 1.11 bits per heavy atom. The number of hydrogen-bond acceptors (Lipinski definition) is 4. The number of carbonyl (C=O) groups excluding carboxylic acids is 1. The monoisotopic (exact) mass is 418 g/mol. The van der Waals surface area contributed by atoms with Crippen molar-refractivity contribution in [2.24, 2.45) is 0 Å². The maximum atomic E-state index is 12.7. The molecule has 146 valence electrons. The van der Waals surface area contributed by atoms with E-state index >= 15 is 0 Å². The summed E-state index contributed by atoms with van der Waals surface area (Å²) in [6.07, 6.45) is 2.57. The Bertz CT molecular complexity index is 1080. The lowest BCUT2D eigenvalue weighted by Gasteiger charge is -2.15. The first-order valence-corrected chi connectivity index (χ1v) is 10.7. The minimum atomic E-state index is -3.33. The average Bonchev–Trinajstić information content (AvgIpc) is 3.11. The van der Waals surface area contributed by atoms with Crippen molar-refractivity contribution in [3.8, 4) is 11.3 Å². The molecule has 2 aromatic carbocycles. The Hall–Kier alpha value is -2.84. The van der Waals surface area contributed by atoms with Crippen LogP contribution < -0.4 is 10.0 Å². The van der Waals surface area contributed by atoms with Gasteiger partial charge in [-0.1, -0.05) is 35.9 Å². The topological polar surface area (TPSA) is 104 Å². The largest absolute Gasteiger partial charge is 0.345 e. The molecule has 1 heterocycles. The van der Waals surface area contributed by atoms with E-state index < -0.39 is 10.0 Å². The van der Waals surface area contributed by atoms with Crippen molar-refractivity contribution in [1.82, 2.24) is 15.5 Å². The van der Waals surface area contributed by atoms with E-state index in [0.29, 0.717) is 22.0 Å². The van der Waals surface area contributed by atoms with Crippen LogP contribution in [-0.4, -0.2) is 30.8 Å². The van der Waals surface area contributed by atoms with Gasteiger partial charge in [-0.25, -0.2) is 8.42 Å². The number of sulfonamides is 1.